The van der Waals surface area contributed by atoms with Crippen LogP contribution in [0.5, 0.6) is 0 Å². The number of anilines is 2. The number of rotatable bonds is 8. The third-order valence-electron chi connectivity index (χ3n) is 7.88. The summed E-state index contributed by atoms with van der Waals surface area (Å²) in [6.07, 6.45) is 5.50. The van der Waals surface area contributed by atoms with Crippen molar-refractivity contribution in [2.24, 2.45) is 5.92 Å². The molecule has 11 heteroatoms. The van der Waals surface area contributed by atoms with Gasteiger partial charge in [-0.05, 0) is 94.7 Å². The number of hydrogen-bond donors (Lipinski definition) is 3. The average molecular weight is 685 g/mol. The molecule has 0 unspecified atom stereocenters. The van der Waals surface area contributed by atoms with E-state index in [1.54, 1.807) is 30.3 Å². The van der Waals surface area contributed by atoms with Crippen molar-refractivity contribution in [3.63, 3.8) is 0 Å². The third-order valence-corrected chi connectivity index (χ3v) is 7.88. The minimum absolute atomic E-state index is 0. The van der Waals surface area contributed by atoms with Gasteiger partial charge in [-0.2, -0.15) is 0 Å². The molecular weight excluding hydrogens is 641 g/mol. The molecule has 255 valence electrons. The molecule has 0 aliphatic heterocycles. The molecule has 0 spiro atoms. The fourth-order valence-corrected chi connectivity index (χ4v) is 5.84. The van der Waals surface area contributed by atoms with Crippen molar-refractivity contribution in [2.45, 2.75) is 85.3 Å². The monoisotopic (exact) mass is 684 g/mol. The van der Waals surface area contributed by atoms with Gasteiger partial charge < -0.3 is 31.6 Å². The summed E-state index contributed by atoms with van der Waals surface area (Å²) in [5, 5.41) is 8.78. The Labute approximate surface area is 287 Å². The van der Waals surface area contributed by atoms with E-state index in [0.29, 0.717) is 11.3 Å². The molecule has 3 aromatic rings. The van der Waals surface area contributed by atoms with E-state index in [9.17, 15) is 19.2 Å². The molecule has 0 saturated heterocycles. The maximum Gasteiger partial charge on any atom is 0.329 e. The Morgan fingerprint density at radius 3 is 1.96 bits per heavy atom. The second kappa shape index (κ2) is 17.8. The summed E-state index contributed by atoms with van der Waals surface area (Å²) in [5.74, 6) is -0.972. The maximum absolute atomic E-state index is 13.9. The maximum atomic E-state index is 13.9. The summed E-state index contributed by atoms with van der Waals surface area (Å²) in [6, 6.07) is 14.9. The molecule has 4 rings (SSSR count). The molecule has 1 radical (unpaired) electrons. The van der Waals surface area contributed by atoms with Crippen molar-refractivity contribution < 1.29 is 51.9 Å². The van der Waals surface area contributed by atoms with Crippen LogP contribution >= 0.6 is 0 Å². The van der Waals surface area contributed by atoms with E-state index in [2.05, 4.69) is 16.0 Å². The van der Waals surface area contributed by atoms with Crippen molar-refractivity contribution >= 4 is 35.6 Å². The first-order chi connectivity index (χ1) is 20.8. The van der Waals surface area contributed by atoms with Crippen molar-refractivity contribution in [1.29, 1.82) is 0 Å². The van der Waals surface area contributed by atoms with Crippen LogP contribution in [0, 0.1) is 26.7 Å². The Hall–Kier alpha value is -4.02. The Balaban J connectivity index is 0.00000368. The smallest absolute Gasteiger partial charge is 0.329 e. The van der Waals surface area contributed by atoms with E-state index < -0.39 is 29.6 Å². The minimum atomic E-state index is -0.808. The van der Waals surface area contributed by atoms with Crippen LogP contribution in [0.25, 0.3) is 11.1 Å². The molecule has 1 fully saturated rings. The number of carbonyl (C=O) groups excluding carboxylic acids is 4. The first-order valence-corrected chi connectivity index (χ1v) is 15.2. The molecule has 0 aromatic heterocycles. The predicted octanol–water partition coefficient (Wildman–Crippen LogP) is 7.52. The van der Waals surface area contributed by atoms with Gasteiger partial charge in [0.1, 0.15) is 17.9 Å². The van der Waals surface area contributed by atoms with Crippen LogP contribution in [0.2, 0.25) is 0 Å². The summed E-state index contributed by atoms with van der Waals surface area (Å²) < 4.78 is 5.72. The van der Waals surface area contributed by atoms with Gasteiger partial charge in [0.25, 0.3) is 5.91 Å². The molecule has 1 aliphatic rings. The summed E-state index contributed by atoms with van der Waals surface area (Å²) in [4.78, 5) is 51.7. The van der Waals surface area contributed by atoms with Gasteiger partial charge in [-0.1, -0.05) is 67.3 Å². The second-order valence-electron chi connectivity index (χ2n) is 12.7. The predicted molar refractivity (Wildman–Crippen MR) is 176 cm³/mol. The zero-order chi connectivity index (χ0) is 32.0. The molecule has 1 aliphatic carbocycles. The van der Waals surface area contributed by atoms with E-state index in [1.807, 2.05) is 65.8 Å². The first-order valence-electron chi connectivity index (χ1n) is 15.2. The van der Waals surface area contributed by atoms with E-state index in [4.69, 9.17) is 4.74 Å². The normalized spacial score (nSPS) is 13.4. The van der Waals surface area contributed by atoms with Gasteiger partial charge in [-0.15, -0.1) is 0 Å². The molecule has 3 amide bonds. The van der Waals surface area contributed by atoms with E-state index >= 15 is 0 Å². The number of amides is 3. The molecule has 3 N–H and O–H groups in total. The van der Waals surface area contributed by atoms with Gasteiger partial charge in [0.15, 0.2) is 0 Å². The number of benzene rings is 3. The van der Waals surface area contributed by atoms with Crippen molar-refractivity contribution in [1.82, 2.24) is 5.32 Å². The number of nitrogens with one attached hydrogen (secondary N) is 3. The first kappa shape index (κ1) is 41.0. The zero-order valence-corrected chi connectivity index (χ0v) is 28.9. The Kier molecular flexibility index (Phi) is 15.5. The second-order valence-corrected chi connectivity index (χ2v) is 12.7. The van der Waals surface area contributed by atoms with E-state index in [-0.39, 0.29) is 45.2 Å². The molecule has 3 aromatic carbocycles. The number of urea groups is 1. The standard InChI is InChI=1S/C36H43N3O5.Mn.2O/c1-22-18-23(2)31(24(3)19-22)39-35(43)37-30-20-28(26-14-12-25(21-40)13-15-26)16-17-29(30)33(41)38-32(27-10-8-7-9-11-27)34(42)44-36(4,5)6;;;/h12-21,27,32H,7-11H2,1-6H3,(H,38,41)(H2,37,39,43);;;/q;;2*-2/t32-;;;/m0.../s1. The van der Waals surface area contributed by atoms with E-state index in [1.165, 1.54) is 0 Å². The Morgan fingerprint density at radius 1 is 0.830 bits per heavy atom. The van der Waals surface area contributed by atoms with Gasteiger partial charge in [-0.25, -0.2) is 9.59 Å². The number of esters is 1. The number of ether oxygens (including phenoxy) is 1. The minimum Gasteiger partial charge on any atom is -2.00 e. The van der Waals surface area contributed by atoms with Crippen LogP contribution in [0.3, 0.4) is 0 Å². The number of aryl methyl sites for hydroxylation is 3. The summed E-state index contributed by atoms with van der Waals surface area (Å²) >= 11 is 0. The quantitative estimate of drug-likeness (QED) is 0.126. The number of aldehydes is 1. The summed E-state index contributed by atoms with van der Waals surface area (Å²) in [6.45, 7) is 11.3. The molecule has 0 bridgehead atoms. The zero-order valence-electron chi connectivity index (χ0n) is 27.7. The summed E-state index contributed by atoms with van der Waals surface area (Å²) in [5.41, 5.74) is 5.53. The van der Waals surface area contributed by atoms with Gasteiger partial charge in [0.2, 0.25) is 0 Å². The van der Waals surface area contributed by atoms with Gasteiger partial charge in [0, 0.05) is 28.3 Å². The average Bonchev–Trinajstić information content (AvgIpc) is 2.97. The van der Waals surface area contributed by atoms with Crippen molar-refractivity contribution in [3.05, 3.63) is 82.4 Å². The largest absolute Gasteiger partial charge is 2.00 e. The number of carbonyl (C=O) groups is 4. The molecule has 1 atom stereocenters. The fourth-order valence-electron chi connectivity index (χ4n) is 5.84. The number of hydrogen-bond acceptors (Lipinski definition) is 5. The molecule has 47 heavy (non-hydrogen) atoms. The van der Waals surface area contributed by atoms with Crippen LogP contribution in [0.15, 0.2) is 54.6 Å². The van der Waals surface area contributed by atoms with Crippen LogP contribution in [-0.2, 0) is 37.6 Å². The topological polar surface area (TPSA) is 171 Å². The SMILES string of the molecule is Cc1cc(C)c(NC(=O)Nc2cc(-c3ccc(C=O)cc3)ccc2C(=O)N[C@H](C(=O)OC(C)(C)C)C2CCCCC2)c(C)c1.[Mn].[O-2].[O-2]. The van der Waals surface area contributed by atoms with Crippen LogP contribution in [-0.4, -0.2) is 35.8 Å². The van der Waals surface area contributed by atoms with Gasteiger partial charge >= 0.3 is 12.0 Å². The molecule has 1 saturated carbocycles. The van der Waals surface area contributed by atoms with Crippen molar-refractivity contribution in [2.75, 3.05) is 10.6 Å². The molecule has 10 nitrogen and oxygen atoms in total. The Bertz CT molecular complexity index is 1520. The van der Waals surface area contributed by atoms with E-state index in [0.717, 1.165) is 66.2 Å². The van der Waals surface area contributed by atoms with Crippen LogP contribution in [0.4, 0.5) is 16.2 Å². The van der Waals surface area contributed by atoms with Gasteiger partial charge in [0.05, 0.1) is 11.3 Å². The third kappa shape index (κ3) is 11.0. The van der Waals surface area contributed by atoms with Crippen LogP contribution < -0.4 is 16.0 Å². The molecular formula is C36H43MnN3O7-4. The fraction of sp³-hybridized carbons (Fsp3) is 0.389. The van der Waals surface area contributed by atoms with Crippen molar-refractivity contribution in [3.8, 4) is 11.1 Å². The van der Waals surface area contributed by atoms with Gasteiger partial charge in [-0.3, -0.25) is 9.59 Å². The Morgan fingerprint density at radius 2 is 1.40 bits per heavy atom. The summed E-state index contributed by atoms with van der Waals surface area (Å²) in [7, 11) is 0. The molecule has 0 heterocycles. The van der Waals surface area contributed by atoms with Crippen LogP contribution in [0.1, 0.15) is 90.3 Å².